The SMILES string of the molecule is O=C(Oc1ccc(Oc2ccc(C(F)(F)F)cn2)cc1)N1C=CN(C=Cc2ccccn2)C=C1. The predicted molar refractivity (Wildman–Crippen MR) is 117 cm³/mol. The first kappa shape index (κ1) is 22.6. The van der Waals surface area contributed by atoms with E-state index in [-0.39, 0.29) is 11.6 Å². The van der Waals surface area contributed by atoms with Crippen LogP contribution >= 0.6 is 0 Å². The van der Waals surface area contributed by atoms with Crippen LogP contribution in [0.5, 0.6) is 17.4 Å². The van der Waals surface area contributed by atoms with E-state index >= 15 is 0 Å². The first-order valence-corrected chi connectivity index (χ1v) is 9.91. The molecule has 34 heavy (non-hydrogen) atoms. The molecule has 1 aliphatic rings. The second-order valence-corrected chi connectivity index (χ2v) is 6.85. The van der Waals surface area contributed by atoms with E-state index in [1.54, 1.807) is 42.1 Å². The summed E-state index contributed by atoms with van der Waals surface area (Å²) in [6.07, 6.45) is 7.35. The largest absolute Gasteiger partial charge is 0.439 e. The van der Waals surface area contributed by atoms with E-state index < -0.39 is 17.8 Å². The van der Waals surface area contributed by atoms with Crippen molar-refractivity contribution in [2.45, 2.75) is 6.18 Å². The van der Waals surface area contributed by atoms with E-state index in [4.69, 9.17) is 9.47 Å². The van der Waals surface area contributed by atoms with Gasteiger partial charge in [0, 0.05) is 49.5 Å². The van der Waals surface area contributed by atoms with Crippen molar-refractivity contribution in [2.24, 2.45) is 0 Å². The van der Waals surface area contributed by atoms with Crippen LogP contribution in [0.2, 0.25) is 0 Å². The van der Waals surface area contributed by atoms with E-state index in [9.17, 15) is 18.0 Å². The van der Waals surface area contributed by atoms with E-state index in [0.29, 0.717) is 11.9 Å². The van der Waals surface area contributed by atoms with Gasteiger partial charge >= 0.3 is 12.3 Å². The third-order valence-corrected chi connectivity index (χ3v) is 4.43. The summed E-state index contributed by atoms with van der Waals surface area (Å²) < 4.78 is 48.6. The first-order chi connectivity index (χ1) is 16.4. The highest BCUT2D eigenvalue weighted by Crippen LogP contribution is 2.30. The van der Waals surface area contributed by atoms with Crippen LogP contribution in [0.4, 0.5) is 18.0 Å². The van der Waals surface area contributed by atoms with Gasteiger partial charge in [0.05, 0.1) is 11.3 Å². The summed E-state index contributed by atoms with van der Waals surface area (Å²) in [7, 11) is 0. The average molecular weight is 466 g/mol. The second-order valence-electron chi connectivity index (χ2n) is 6.85. The quantitative estimate of drug-likeness (QED) is 0.458. The Kier molecular flexibility index (Phi) is 6.58. The Bertz CT molecular complexity index is 1190. The van der Waals surface area contributed by atoms with Crippen LogP contribution in [0.1, 0.15) is 11.3 Å². The number of carbonyl (C=O) groups excluding carboxylic acids is 1. The maximum Gasteiger partial charge on any atom is 0.423 e. The Morgan fingerprint density at radius 3 is 2.24 bits per heavy atom. The summed E-state index contributed by atoms with van der Waals surface area (Å²) in [4.78, 5) is 23.2. The monoisotopic (exact) mass is 466 g/mol. The number of ether oxygens (including phenoxy) is 2. The zero-order valence-corrected chi connectivity index (χ0v) is 17.5. The van der Waals surface area contributed by atoms with Crippen molar-refractivity contribution in [1.29, 1.82) is 0 Å². The molecule has 3 aromatic rings. The molecule has 0 bridgehead atoms. The molecule has 4 rings (SSSR count). The molecule has 0 aliphatic carbocycles. The van der Waals surface area contributed by atoms with E-state index in [0.717, 1.165) is 17.8 Å². The molecule has 0 N–H and O–H groups in total. The normalized spacial score (nSPS) is 13.4. The molecule has 0 atom stereocenters. The van der Waals surface area contributed by atoms with Crippen LogP contribution in [0.25, 0.3) is 6.08 Å². The highest BCUT2D eigenvalue weighted by atomic mass is 19.4. The Labute approximate surface area is 192 Å². The summed E-state index contributed by atoms with van der Waals surface area (Å²) >= 11 is 0. The maximum absolute atomic E-state index is 12.6. The van der Waals surface area contributed by atoms with Gasteiger partial charge in [-0.15, -0.1) is 0 Å². The number of pyridine rings is 2. The summed E-state index contributed by atoms with van der Waals surface area (Å²) in [5.74, 6) is 0.583. The van der Waals surface area contributed by atoms with Gasteiger partial charge in [-0.1, -0.05) is 6.07 Å². The third-order valence-electron chi connectivity index (χ3n) is 4.43. The minimum Gasteiger partial charge on any atom is -0.439 e. The molecule has 2 aromatic heterocycles. The lowest BCUT2D eigenvalue weighted by molar-refractivity contribution is -0.137. The number of benzene rings is 1. The number of hydrogen-bond acceptors (Lipinski definition) is 6. The van der Waals surface area contributed by atoms with Crippen LogP contribution in [0, 0.1) is 0 Å². The molecule has 10 heteroatoms. The van der Waals surface area contributed by atoms with E-state index in [1.807, 2.05) is 24.3 Å². The van der Waals surface area contributed by atoms with Gasteiger partial charge in [-0.2, -0.15) is 13.2 Å². The average Bonchev–Trinajstić information content (AvgIpc) is 2.85. The van der Waals surface area contributed by atoms with Crippen molar-refractivity contribution < 1.29 is 27.4 Å². The molecular formula is C24H17F3N4O3. The number of amides is 1. The van der Waals surface area contributed by atoms with Crippen LogP contribution in [0.15, 0.2) is 98.0 Å². The van der Waals surface area contributed by atoms with E-state index in [2.05, 4.69) is 9.97 Å². The van der Waals surface area contributed by atoms with Crippen molar-refractivity contribution in [3.63, 3.8) is 0 Å². The molecule has 0 saturated heterocycles. The topological polar surface area (TPSA) is 67.8 Å². The van der Waals surface area contributed by atoms with Gasteiger partial charge in [0.15, 0.2) is 0 Å². The summed E-state index contributed by atoms with van der Waals surface area (Å²) in [6, 6.07) is 13.6. The summed E-state index contributed by atoms with van der Waals surface area (Å²) in [6.45, 7) is 0. The van der Waals surface area contributed by atoms with Gasteiger partial charge in [0.2, 0.25) is 5.88 Å². The number of alkyl halides is 3. The van der Waals surface area contributed by atoms with Crippen molar-refractivity contribution in [1.82, 2.24) is 19.8 Å². The molecule has 0 spiro atoms. The Balaban J connectivity index is 1.29. The lowest BCUT2D eigenvalue weighted by Crippen LogP contribution is -2.26. The Hall–Kier alpha value is -4.60. The van der Waals surface area contributed by atoms with Crippen LogP contribution in [-0.2, 0) is 6.18 Å². The van der Waals surface area contributed by atoms with Crippen molar-refractivity contribution in [3.05, 3.63) is 109 Å². The molecule has 0 fully saturated rings. The van der Waals surface area contributed by atoms with Crippen molar-refractivity contribution >= 4 is 12.2 Å². The molecule has 1 amide bonds. The number of hydrogen-bond donors (Lipinski definition) is 0. The molecule has 3 heterocycles. The third kappa shape index (κ3) is 6.00. The van der Waals surface area contributed by atoms with Gasteiger partial charge in [0.25, 0.3) is 0 Å². The zero-order valence-electron chi connectivity index (χ0n) is 17.5. The second kappa shape index (κ2) is 9.90. The Morgan fingerprint density at radius 1 is 0.882 bits per heavy atom. The number of carbonyl (C=O) groups is 1. The minimum absolute atomic E-state index is 0.00276. The fourth-order valence-electron chi connectivity index (χ4n) is 2.71. The molecule has 1 aliphatic heterocycles. The number of aromatic nitrogens is 2. The standard InChI is InChI=1S/C24H17F3N4O3/c25-24(26,27)18-4-9-22(29-17-18)33-20-5-7-21(8-6-20)34-23(32)31-15-13-30(14-16-31)12-10-19-3-1-2-11-28-19/h1-17H. The lowest BCUT2D eigenvalue weighted by Gasteiger charge is -2.20. The number of nitrogens with zero attached hydrogens (tertiary/aromatic N) is 4. The van der Waals surface area contributed by atoms with Crippen LogP contribution in [-0.4, -0.2) is 25.9 Å². The highest BCUT2D eigenvalue weighted by molar-refractivity contribution is 5.73. The smallest absolute Gasteiger partial charge is 0.423 e. The molecule has 1 aromatic carbocycles. The summed E-state index contributed by atoms with van der Waals surface area (Å²) in [5.41, 5.74) is -0.0667. The van der Waals surface area contributed by atoms with Crippen molar-refractivity contribution in [3.8, 4) is 17.4 Å². The molecule has 172 valence electrons. The number of halogens is 3. The van der Waals surface area contributed by atoms with Gasteiger partial charge < -0.3 is 14.4 Å². The van der Waals surface area contributed by atoms with Gasteiger partial charge in [-0.25, -0.2) is 9.78 Å². The van der Waals surface area contributed by atoms with Gasteiger partial charge in [-0.05, 0) is 48.5 Å². The molecule has 0 saturated carbocycles. The van der Waals surface area contributed by atoms with Gasteiger partial charge in [0.1, 0.15) is 11.5 Å². The fourth-order valence-corrected chi connectivity index (χ4v) is 2.71. The zero-order chi connectivity index (χ0) is 24.0. The van der Waals surface area contributed by atoms with Crippen molar-refractivity contribution in [2.75, 3.05) is 0 Å². The minimum atomic E-state index is -4.47. The molecular weight excluding hydrogens is 449 g/mol. The molecule has 7 nitrogen and oxygen atoms in total. The Morgan fingerprint density at radius 2 is 1.62 bits per heavy atom. The predicted octanol–water partition coefficient (Wildman–Crippen LogP) is 6.02. The fraction of sp³-hybridized carbons (Fsp3) is 0.0417. The lowest BCUT2D eigenvalue weighted by atomic mass is 10.3. The van der Waals surface area contributed by atoms with Crippen LogP contribution in [0.3, 0.4) is 0 Å². The first-order valence-electron chi connectivity index (χ1n) is 9.91. The summed E-state index contributed by atoms with van der Waals surface area (Å²) in [5, 5.41) is 0. The number of rotatable bonds is 5. The van der Waals surface area contributed by atoms with E-state index in [1.165, 1.54) is 29.2 Å². The molecule has 0 radical (unpaired) electrons. The van der Waals surface area contributed by atoms with Crippen LogP contribution < -0.4 is 9.47 Å². The molecule has 0 unspecified atom stereocenters. The maximum atomic E-state index is 12.6. The van der Waals surface area contributed by atoms with Gasteiger partial charge in [-0.3, -0.25) is 9.88 Å². The highest BCUT2D eigenvalue weighted by Gasteiger charge is 2.30.